The minimum atomic E-state index is -0.362. The lowest BCUT2D eigenvalue weighted by Gasteiger charge is -2.15. The molecule has 0 saturated carbocycles. The number of hydrogen-bond donors (Lipinski definition) is 1. The summed E-state index contributed by atoms with van der Waals surface area (Å²) in [7, 11) is 0. The van der Waals surface area contributed by atoms with Crippen LogP contribution in [0.25, 0.3) is 0 Å². The first-order valence-electron chi connectivity index (χ1n) is 5.07. The Morgan fingerprint density at radius 2 is 2.33 bits per heavy atom. The Morgan fingerprint density at radius 1 is 1.53 bits per heavy atom. The van der Waals surface area contributed by atoms with Crippen LogP contribution in [0.15, 0.2) is 18.2 Å². The third-order valence-electron chi connectivity index (χ3n) is 2.70. The van der Waals surface area contributed by atoms with E-state index in [1.807, 2.05) is 0 Å². The van der Waals surface area contributed by atoms with Gasteiger partial charge in [0, 0.05) is 25.7 Å². The zero-order valence-electron chi connectivity index (χ0n) is 8.42. The maximum absolute atomic E-state index is 12.9. The minimum absolute atomic E-state index is 0.191. The Bertz CT molecular complexity index is 356. The predicted octanol–water partition coefficient (Wildman–Crippen LogP) is 2.01. The van der Waals surface area contributed by atoms with Crippen molar-refractivity contribution in [3.63, 3.8) is 0 Å². The van der Waals surface area contributed by atoms with Gasteiger partial charge in [0.1, 0.15) is 5.82 Å². The molecular formula is C11H14ClFN2. The van der Waals surface area contributed by atoms with E-state index in [1.165, 1.54) is 6.07 Å². The topological polar surface area (TPSA) is 29.3 Å². The summed E-state index contributed by atoms with van der Waals surface area (Å²) in [6.07, 6.45) is 1.04. The Hall–Kier alpha value is -0.640. The Kier molecular flexibility index (Phi) is 3.24. The molecule has 1 aromatic carbocycles. The smallest absolute Gasteiger partial charge is 0.141 e. The predicted molar refractivity (Wildman–Crippen MR) is 59.3 cm³/mol. The molecule has 2 rings (SSSR count). The highest BCUT2D eigenvalue weighted by Crippen LogP contribution is 2.18. The zero-order chi connectivity index (χ0) is 10.8. The number of nitrogens with zero attached hydrogens (tertiary/aromatic N) is 1. The van der Waals surface area contributed by atoms with Crippen LogP contribution in [0, 0.1) is 5.82 Å². The lowest BCUT2D eigenvalue weighted by Crippen LogP contribution is -2.26. The fraction of sp³-hybridized carbons (Fsp3) is 0.455. The number of benzene rings is 1. The summed E-state index contributed by atoms with van der Waals surface area (Å²) in [4.78, 5) is 2.26. The highest BCUT2D eigenvalue weighted by Gasteiger charge is 2.18. The van der Waals surface area contributed by atoms with Crippen LogP contribution in [0.1, 0.15) is 12.0 Å². The molecule has 82 valence electrons. The van der Waals surface area contributed by atoms with Crippen molar-refractivity contribution in [2.45, 2.75) is 19.0 Å². The molecular weight excluding hydrogens is 215 g/mol. The van der Waals surface area contributed by atoms with Crippen LogP contribution < -0.4 is 5.73 Å². The van der Waals surface area contributed by atoms with Crippen LogP contribution in [0.2, 0.25) is 5.02 Å². The molecule has 0 radical (unpaired) electrons. The van der Waals surface area contributed by atoms with Gasteiger partial charge >= 0.3 is 0 Å². The molecule has 1 saturated heterocycles. The Morgan fingerprint density at radius 3 is 2.93 bits per heavy atom. The lowest BCUT2D eigenvalue weighted by molar-refractivity contribution is 0.327. The summed E-state index contributed by atoms with van der Waals surface area (Å²) >= 11 is 5.71. The highest BCUT2D eigenvalue weighted by molar-refractivity contribution is 6.30. The van der Waals surface area contributed by atoms with E-state index in [1.54, 1.807) is 12.1 Å². The summed E-state index contributed by atoms with van der Waals surface area (Å²) < 4.78 is 12.9. The number of likely N-dealkylation sites (tertiary alicyclic amines) is 1. The van der Waals surface area contributed by atoms with Gasteiger partial charge in [0.15, 0.2) is 0 Å². The molecule has 1 aromatic rings. The second-order valence-corrected chi connectivity index (χ2v) is 4.44. The third-order valence-corrected chi connectivity index (χ3v) is 2.99. The van der Waals surface area contributed by atoms with Gasteiger partial charge in [-0.15, -0.1) is 0 Å². The molecule has 2 N–H and O–H groups in total. The lowest BCUT2D eigenvalue weighted by atomic mass is 10.2. The maximum Gasteiger partial charge on any atom is 0.141 e. The maximum atomic E-state index is 12.9. The van der Waals surface area contributed by atoms with Crippen molar-refractivity contribution in [3.05, 3.63) is 34.6 Å². The normalized spacial score (nSPS) is 22.2. The van der Waals surface area contributed by atoms with E-state index in [0.29, 0.717) is 0 Å². The monoisotopic (exact) mass is 228 g/mol. The second kappa shape index (κ2) is 4.47. The SMILES string of the molecule is N[C@H]1CCN(Cc2ccc(F)c(Cl)c2)C1. The molecule has 1 aliphatic rings. The fourth-order valence-corrected chi connectivity index (χ4v) is 2.11. The zero-order valence-corrected chi connectivity index (χ0v) is 9.17. The summed E-state index contributed by atoms with van der Waals surface area (Å²) in [5.74, 6) is -0.362. The van der Waals surface area contributed by atoms with Gasteiger partial charge in [-0.05, 0) is 24.1 Å². The van der Waals surface area contributed by atoms with Crippen LogP contribution in [0.3, 0.4) is 0 Å². The van der Waals surface area contributed by atoms with Crippen LogP contribution in [-0.4, -0.2) is 24.0 Å². The van der Waals surface area contributed by atoms with E-state index in [4.69, 9.17) is 17.3 Å². The third kappa shape index (κ3) is 2.68. The molecule has 1 aliphatic heterocycles. The Labute approximate surface area is 93.8 Å². The first-order valence-corrected chi connectivity index (χ1v) is 5.45. The minimum Gasteiger partial charge on any atom is -0.326 e. The number of hydrogen-bond acceptors (Lipinski definition) is 2. The quantitative estimate of drug-likeness (QED) is 0.839. The van der Waals surface area contributed by atoms with Gasteiger partial charge in [-0.3, -0.25) is 4.90 Å². The van der Waals surface area contributed by atoms with Crippen LogP contribution in [-0.2, 0) is 6.54 Å². The summed E-state index contributed by atoms with van der Waals surface area (Å²) in [5.41, 5.74) is 6.84. The van der Waals surface area contributed by atoms with Crippen LogP contribution in [0.4, 0.5) is 4.39 Å². The highest BCUT2D eigenvalue weighted by atomic mass is 35.5. The van der Waals surface area contributed by atoms with Gasteiger partial charge in [0.25, 0.3) is 0 Å². The van der Waals surface area contributed by atoms with Crippen molar-refractivity contribution in [2.75, 3.05) is 13.1 Å². The number of halogens is 2. The molecule has 1 heterocycles. The molecule has 1 atom stereocenters. The largest absolute Gasteiger partial charge is 0.326 e. The molecule has 2 nitrogen and oxygen atoms in total. The molecule has 15 heavy (non-hydrogen) atoms. The van der Waals surface area contributed by atoms with Crippen molar-refractivity contribution in [1.82, 2.24) is 4.90 Å². The first-order chi connectivity index (χ1) is 7.15. The van der Waals surface area contributed by atoms with Gasteiger partial charge in [0.2, 0.25) is 0 Å². The van der Waals surface area contributed by atoms with Crippen molar-refractivity contribution in [3.8, 4) is 0 Å². The van der Waals surface area contributed by atoms with Gasteiger partial charge in [0.05, 0.1) is 5.02 Å². The molecule has 4 heteroatoms. The molecule has 0 aliphatic carbocycles. The molecule has 0 unspecified atom stereocenters. The number of nitrogens with two attached hydrogens (primary N) is 1. The van der Waals surface area contributed by atoms with Gasteiger partial charge in [-0.25, -0.2) is 4.39 Å². The molecule has 0 amide bonds. The van der Waals surface area contributed by atoms with Gasteiger partial charge in [-0.1, -0.05) is 17.7 Å². The summed E-state index contributed by atoms with van der Waals surface area (Å²) in [5, 5.41) is 0.191. The van der Waals surface area contributed by atoms with Gasteiger partial charge < -0.3 is 5.73 Å². The van der Waals surface area contributed by atoms with E-state index in [-0.39, 0.29) is 16.9 Å². The van der Waals surface area contributed by atoms with E-state index in [0.717, 1.165) is 31.6 Å². The molecule has 0 bridgehead atoms. The molecule has 1 fully saturated rings. The van der Waals surface area contributed by atoms with Crippen molar-refractivity contribution in [1.29, 1.82) is 0 Å². The van der Waals surface area contributed by atoms with E-state index in [9.17, 15) is 4.39 Å². The van der Waals surface area contributed by atoms with Crippen LogP contribution in [0.5, 0.6) is 0 Å². The Balaban J connectivity index is 2.02. The first kappa shape index (κ1) is 10.9. The van der Waals surface area contributed by atoms with E-state index < -0.39 is 0 Å². The summed E-state index contributed by atoms with van der Waals surface area (Å²) in [6, 6.07) is 5.14. The van der Waals surface area contributed by atoms with E-state index >= 15 is 0 Å². The molecule has 0 aromatic heterocycles. The van der Waals surface area contributed by atoms with Crippen molar-refractivity contribution in [2.24, 2.45) is 5.73 Å². The van der Waals surface area contributed by atoms with Crippen molar-refractivity contribution < 1.29 is 4.39 Å². The van der Waals surface area contributed by atoms with E-state index in [2.05, 4.69) is 4.90 Å². The van der Waals surface area contributed by atoms with Gasteiger partial charge in [-0.2, -0.15) is 0 Å². The standard InChI is InChI=1S/C11H14ClFN2/c12-10-5-8(1-2-11(10)13)6-15-4-3-9(14)7-15/h1-2,5,9H,3-4,6-7,14H2/t9-/m0/s1. The average molecular weight is 229 g/mol. The average Bonchev–Trinajstić information content (AvgIpc) is 2.58. The number of rotatable bonds is 2. The fourth-order valence-electron chi connectivity index (χ4n) is 1.90. The van der Waals surface area contributed by atoms with Crippen LogP contribution >= 0.6 is 11.6 Å². The second-order valence-electron chi connectivity index (χ2n) is 4.03. The molecule has 0 spiro atoms. The summed E-state index contributed by atoms with van der Waals surface area (Å²) in [6.45, 7) is 2.72. The van der Waals surface area contributed by atoms with Crippen molar-refractivity contribution >= 4 is 11.6 Å².